The lowest BCUT2D eigenvalue weighted by molar-refractivity contribution is 0.221. The Balaban J connectivity index is 2.48. The quantitative estimate of drug-likeness (QED) is 0.800. The van der Waals surface area contributed by atoms with E-state index in [0.29, 0.717) is 21.8 Å². The van der Waals surface area contributed by atoms with E-state index in [1.807, 2.05) is 37.3 Å². The summed E-state index contributed by atoms with van der Waals surface area (Å²) in [5.74, 6) is 0. The number of hydrogen-bond acceptors (Lipinski definition) is 2. The Morgan fingerprint density at radius 3 is 2.41 bits per heavy atom. The number of halogens is 1. The zero-order valence-electron chi connectivity index (χ0n) is 9.52. The molecule has 2 rings (SSSR count). The molecule has 0 radical (unpaired) electrons. The number of nitrogens with two attached hydrogens (primary N) is 1. The molecule has 0 amide bonds. The molecule has 1 unspecified atom stereocenters. The number of aliphatic hydroxyl groups is 1. The van der Waals surface area contributed by atoms with Crippen molar-refractivity contribution in [2.75, 3.05) is 5.73 Å². The van der Waals surface area contributed by atoms with E-state index in [4.69, 9.17) is 17.3 Å². The summed E-state index contributed by atoms with van der Waals surface area (Å²) in [6, 6.07) is 12.8. The summed E-state index contributed by atoms with van der Waals surface area (Å²) in [5, 5.41) is 10.9. The molecule has 2 nitrogen and oxygen atoms in total. The van der Waals surface area contributed by atoms with Gasteiger partial charge in [-0.3, -0.25) is 0 Å². The van der Waals surface area contributed by atoms with E-state index in [0.717, 1.165) is 5.56 Å². The van der Waals surface area contributed by atoms with Crippen molar-refractivity contribution in [2.45, 2.75) is 13.0 Å². The maximum Gasteiger partial charge on any atom is 0.107 e. The molecule has 0 fully saturated rings. The number of aryl methyl sites for hydroxylation is 1. The minimum Gasteiger partial charge on any atom is -0.398 e. The topological polar surface area (TPSA) is 46.2 Å². The largest absolute Gasteiger partial charge is 0.398 e. The highest BCUT2D eigenvalue weighted by Gasteiger charge is 2.16. The van der Waals surface area contributed by atoms with Crippen molar-refractivity contribution >= 4 is 17.3 Å². The van der Waals surface area contributed by atoms with Crippen molar-refractivity contribution in [3.8, 4) is 0 Å². The molecule has 0 aromatic heterocycles. The number of benzene rings is 2. The van der Waals surface area contributed by atoms with Crippen LogP contribution in [-0.4, -0.2) is 5.11 Å². The van der Waals surface area contributed by atoms with Gasteiger partial charge in [0.1, 0.15) is 6.10 Å². The minimum absolute atomic E-state index is 0.543. The van der Waals surface area contributed by atoms with Crippen LogP contribution >= 0.6 is 11.6 Å². The Morgan fingerprint density at radius 1 is 1.06 bits per heavy atom. The zero-order valence-corrected chi connectivity index (χ0v) is 10.3. The smallest absolute Gasteiger partial charge is 0.107 e. The third-order valence-corrected chi connectivity index (χ3v) is 3.20. The van der Waals surface area contributed by atoms with Crippen LogP contribution in [0.15, 0.2) is 42.5 Å². The molecule has 0 aliphatic rings. The van der Waals surface area contributed by atoms with Crippen LogP contribution in [0.25, 0.3) is 0 Å². The van der Waals surface area contributed by atoms with Gasteiger partial charge >= 0.3 is 0 Å². The van der Waals surface area contributed by atoms with E-state index < -0.39 is 6.10 Å². The van der Waals surface area contributed by atoms with E-state index in [1.165, 1.54) is 0 Å². The van der Waals surface area contributed by atoms with Crippen LogP contribution in [0.5, 0.6) is 0 Å². The van der Waals surface area contributed by atoms with Crippen LogP contribution in [0.2, 0.25) is 5.02 Å². The summed E-state index contributed by atoms with van der Waals surface area (Å²) in [4.78, 5) is 0. The molecule has 3 N–H and O–H groups in total. The SMILES string of the molecule is Cc1cccc(C(O)c2ccccc2Cl)c1N. The first-order chi connectivity index (χ1) is 8.11. The van der Waals surface area contributed by atoms with Crippen molar-refractivity contribution in [3.05, 3.63) is 64.2 Å². The molecule has 0 saturated heterocycles. The van der Waals surface area contributed by atoms with E-state index in [-0.39, 0.29) is 0 Å². The number of hydrogen-bond donors (Lipinski definition) is 2. The van der Waals surface area contributed by atoms with Crippen LogP contribution in [0, 0.1) is 6.92 Å². The van der Waals surface area contributed by atoms with Gasteiger partial charge in [-0.05, 0) is 18.6 Å². The van der Waals surface area contributed by atoms with Crippen LogP contribution in [0.1, 0.15) is 22.8 Å². The molecule has 2 aromatic rings. The van der Waals surface area contributed by atoms with Gasteiger partial charge in [0.05, 0.1) is 0 Å². The summed E-state index contributed by atoms with van der Waals surface area (Å²) in [7, 11) is 0. The first-order valence-electron chi connectivity index (χ1n) is 5.38. The second kappa shape index (κ2) is 4.78. The number of rotatable bonds is 2. The second-order valence-electron chi connectivity index (χ2n) is 4.00. The molecule has 0 bridgehead atoms. The molecule has 0 spiro atoms. The fraction of sp³-hybridized carbons (Fsp3) is 0.143. The lowest BCUT2D eigenvalue weighted by Crippen LogP contribution is -2.05. The van der Waals surface area contributed by atoms with Gasteiger partial charge in [-0.25, -0.2) is 0 Å². The third kappa shape index (κ3) is 2.28. The Hall–Kier alpha value is -1.51. The van der Waals surface area contributed by atoms with Crippen molar-refractivity contribution < 1.29 is 5.11 Å². The zero-order chi connectivity index (χ0) is 12.4. The van der Waals surface area contributed by atoms with Gasteiger partial charge in [-0.1, -0.05) is 48.0 Å². The fourth-order valence-corrected chi connectivity index (χ4v) is 2.05. The van der Waals surface area contributed by atoms with Gasteiger partial charge in [0.2, 0.25) is 0 Å². The molecule has 0 aliphatic carbocycles. The average molecular weight is 248 g/mol. The monoisotopic (exact) mass is 247 g/mol. The van der Waals surface area contributed by atoms with Crippen molar-refractivity contribution in [3.63, 3.8) is 0 Å². The van der Waals surface area contributed by atoms with Crippen LogP contribution in [-0.2, 0) is 0 Å². The molecule has 0 aliphatic heterocycles. The van der Waals surface area contributed by atoms with Gasteiger partial charge in [-0.15, -0.1) is 0 Å². The third-order valence-electron chi connectivity index (χ3n) is 2.85. The van der Waals surface area contributed by atoms with E-state index in [2.05, 4.69) is 0 Å². The number of para-hydroxylation sites is 1. The minimum atomic E-state index is -0.788. The molecular formula is C14H14ClNO. The Kier molecular flexibility index (Phi) is 3.36. The Bertz CT molecular complexity index is 539. The molecule has 1 atom stereocenters. The lowest BCUT2D eigenvalue weighted by atomic mass is 9.98. The highest BCUT2D eigenvalue weighted by molar-refractivity contribution is 6.31. The van der Waals surface area contributed by atoms with Crippen molar-refractivity contribution in [1.82, 2.24) is 0 Å². The molecular weight excluding hydrogens is 234 g/mol. The normalized spacial score (nSPS) is 12.4. The number of aliphatic hydroxyl groups excluding tert-OH is 1. The standard InChI is InChI=1S/C14H14ClNO/c1-9-5-4-7-11(13(9)16)14(17)10-6-2-3-8-12(10)15/h2-8,14,17H,16H2,1H3. The van der Waals surface area contributed by atoms with E-state index >= 15 is 0 Å². The average Bonchev–Trinajstić information content (AvgIpc) is 2.32. The van der Waals surface area contributed by atoms with Crippen LogP contribution < -0.4 is 5.73 Å². The maximum absolute atomic E-state index is 10.3. The predicted molar refractivity (Wildman–Crippen MR) is 71.1 cm³/mol. The molecule has 3 heteroatoms. The molecule has 0 saturated carbocycles. The van der Waals surface area contributed by atoms with Gasteiger partial charge in [0.25, 0.3) is 0 Å². The Morgan fingerprint density at radius 2 is 1.71 bits per heavy atom. The molecule has 88 valence electrons. The van der Waals surface area contributed by atoms with Crippen molar-refractivity contribution in [2.24, 2.45) is 0 Å². The van der Waals surface area contributed by atoms with E-state index in [9.17, 15) is 5.11 Å². The van der Waals surface area contributed by atoms with Crippen LogP contribution in [0.3, 0.4) is 0 Å². The highest BCUT2D eigenvalue weighted by Crippen LogP contribution is 2.32. The summed E-state index contributed by atoms with van der Waals surface area (Å²) in [5.41, 5.74) is 8.90. The first kappa shape index (κ1) is 12.0. The summed E-state index contributed by atoms with van der Waals surface area (Å²) >= 11 is 6.06. The fourth-order valence-electron chi connectivity index (χ4n) is 1.81. The van der Waals surface area contributed by atoms with Crippen molar-refractivity contribution in [1.29, 1.82) is 0 Å². The summed E-state index contributed by atoms with van der Waals surface area (Å²) < 4.78 is 0. The lowest BCUT2D eigenvalue weighted by Gasteiger charge is -2.16. The summed E-state index contributed by atoms with van der Waals surface area (Å²) in [6.07, 6.45) is -0.788. The van der Waals surface area contributed by atoms with E-state index in [1.54, 1.807) is 12.1 Å². The highest BCUT2D eigenvalue weighted by atomic mass is 35.5. The van der Waals surface area contributed by atoms with Gasteiger partial charge in [0, 0.05) is 21.8 Å². The van der Waals surface area contributed by atoms with Gasteiger partial charge in [-0.2, -0.15) is 0 Å². The van der Waals surface area contributed by atoms with Gasteiger partial charge < -0.3 is 10.8 Å². The number of anilines is 1. The first-order valence-corrected chi connectivity index (χ1v) is 5.76. The maximum atomic E-state index is 10.3. The summed E-state index contributed by atoms with van der Waals surface area (Å²) in [6.45, 7) is 1.91. The molecule has 0 heterocycles. The predicted octanol–water partition coefficient (Wildman–Crippen LogP) is 3.31. The second-order valence-corrected chi connectivity index (χ2v) is 4.41. The number of nitrogen functional groups attached to an aromatic ring is 1. The van der Waals surface area contributed by atoms with Crippen LogP contribution in [0.4, 0.5) is 5.69 Å². The van der Waals surface area contributed by atoms with Gasteiger partial charge in [0.15, 0.2) is 0 Å². The Labute approximate surface area is 106 Å². The molecule has 17 heavy (non-hydrogen) atoms. The molecule has 2 aromatic carbocycles.